The quantitative estimate of drug-likeness (QED) is 0.909. The van der Waals surface area contributed by atoms with Crippen LogP contribution in [0.4, 0.5) is 4.39 Å². The summed E-state index contributed by atoms with van der Waals surface area (Å²) in [7, 11) is 0. The molecule has 0 aromatic heterocycles. The molecule has 1 aliphatic carbocycles. The lowest BCUT2D eigenvalue weighted by molar-refractivity contribution is 0.187. The molecule has 1 aromatic rings. The van der Waals surface area contributed by atoms with Crippen LogP contribution >= 0.6 is 0 Å². The van der Waals surface area contributed by atoms with Crippen LogP contribution in [0.5, 0.6) is 0 Å². The molecular formula is C17H25FN2. The van der Waals surface area contributed by atoms with E-state index in [0.717, 1.165) is 30.9 Å². The fourth-order valence-electron chi connectivity index (χ4n) is 3.64. The normalized spacial score (nSPS) is 24.0. The zero-order valence-corrected chi connectivity index (χ0v) is 12.4. The number of hydrogen-bond donors (Lipinski definition) is 1. The van der Waals surface area contributed by atoms with Crippen LogP contribution in [0.25, 0.3) is 0 Å². The van der Waals surface area contributed by atoms with Crippen LogP contribution in [-0.4, -0.2) is 31.1 Å². The van der Waals surface area contributed by atoms with Crippen molar-refractivity contribution < 1.29 is 4.39 Å². The topological polar surface area (TPSA) is 15.3 Å². The minimum atomic E-state index is -0.0250. The van der Waals surface area contributed by atoms with Gasteiger partial charge in [-0.3, -0.25) is 0 Å². The molecule has 0 radical (unpaired) electrons. The van der Waals surface area contributed by atoms with Gasteiger partial charge in [-0.15, -0.1) is 0 Å². The number of fused-ring (bicyclic) bond motifs is 1. The second kappa shape index (κ2) is 6.23. The molecule has 1 N–H and O–H groups in total. The van der Waals surface area contributed by atoms with Crippen molar-refractivity contribution in [3.8, 4) is 0 Å². The molecular weight excluding hydrogens is 251 g/mol. The molecule has 1 heterocycles. The number of hydrogen-bond acceptors (Lipinski definition) is 2. The summed E-state index contributed by atoms with van der Waals surface area (Å²) in [5, 5.41) is 3.68. The van der Waals surface area contributed by atoms with Gasteiger partial charge in [0.05, 0.1) is 0 Å². The van der Waals surface area contributed by atoms with Gasteiger partial charge in [-0.25, -0.2) is 4.39 Å². The summed E-state index contributed by atoms with van der Waals surface area (Å²) in [5.41, 5.74) is 2.13. The first kappa shape index (κ1) is 14.0. The van der Waals surface area contributed by atoms with Gasteiger partial charge in [-0.1, -0.05) is 19.1 Å². The Balaban J connectivity index is 1.53. The summed E-state index contributed by atoms with van der Waals surface area (Å²) in [6.07, 6.45) is 4.52. The smallest absolute Gasteiger partial charge is 0.126 e. The van der Waals surface area contributed by atoms with Crippen molar-refractivity contribution in [2.75, 3.05) is 26.2 Å². The summed E-state index contributed by atoms with van der Waals surface area (Å²) in [5.74, 6) is 0.762. The summed E-state index contributed by atoms with van der Waals surface area (Å²) < 4.78 is 13.7. The Bertz CT molecular complexity index is 452. The lowest BCUT2D eigenvalue weighted by atomic mass is 9.96. The van der Waals surface area contributed by atoms with E-state index in [1.807, 2.05) is 6.07 Å². The van der Waals surface area contributed by atoms with E-state index >= 15 is 0 Å². The van der Waals surface area contributed by atoms with Crippen molar-refractivity contribution >= 4 is 0 Å². The van der Waals surface area contributed by atoms with Crippen molar-refractivity contribution in [3.63, 3.8) is 0 Å². The third-order valence-electron chi connectivity index (χ3n) is 5.02. The maximum absolute atomic E-state index is 13.7. The standard InChI is InChI=1S/C17H25FN2/c1-2-20-10-8-13(9-11-20)12-19-17-7-6-14-15(17)4-3-5-16(14)18/h3-5,13,17,19H,2,6-12H2,1H3. The molecule has 1 aliphatic heterocycles. The Labute approximate surface area is 121 Å². The summed E-state index contributed by atoms with van der Waals surface area (Å²) in [6.45, 7) is 6.97. The number of likely N-dealkylation sites (tertiary alicyclic amines) is 1. The van der Waals surface area contributed by atoms with Crippen molar-refractivity contribution in [1.29, 1.82) is 0 Å². The van der Waals surface area contributed by atoms with E-state index in [1.165, 1.54) is 38.0 Å². The van der Waals surface area contributed by atoms with Gasteiger partial charge in [0.25, 0.3) is 0 Å². The van der Waals surface area contributed by atoms with Gasteiger partial charge in [0.15, 0.2) is 0 Å². The molecule has 20 heavy (non-hydrogen) atoms. The van der Waals surface area contributed by atoms with E-state index in [-0.39, 0.29) is 5.82 Å². The first-order chi connectivity index (χ1) is 9.78. The maximum atomic E-state index is 13.7. The molecule has 110 valence electrons. The third-order valence-corrected chi connectivity index (χ3v) is 5.02. The van der Waals surface area contributed by atoms with Crippen molar-refractivity contribution in [3.05, 3.63) is 35.1 Å². The minimum Gasteiger partial charge on any atom is -0.310 e. The van der Waals surface area contributed by atoms with Gasteiger partial charge in [-0.2, -0.15) is 0 Å². The average Bonchev–Trinajstić information content (AvgIpc) is 2.90. The second-order valence-corrected chi connectivity index (χ2v) is 6.18. The first-order valence-electron chi connectivity index (χ1n) is 8.01. The maximum Gasteiger partial charge on any atom is 0.126 e. The molecule has 0 amide bonds. The molecule has 1 unspecified atom stereocenters. The van der Waals surface area contributed by atoms with Crippen LogP contribution in [0.3, 0.4) is 0 Å². The molecule has 1 aromatic carbocycles. The predicted octanol–water partition coefficient (Wildman–Crippen LogP) is 3.13. The molecule has 1 fully saturated rings. The predicted molar refractivity (Wildman–Crippen MR) is 80.3 cm³/mol. The number of halogens is 1. The van der Waals surface area contributed by atoms with Gasteiger partial charge >= 0.3 is 0 Å². The van der Waals surface area contributed by atoms with E-state index in [1.54, 1.807) is 6.07 Å². The van der Waals surface area contributed by atoms with E-state index in [2.05, 4.69) is 23.2 Å². The zero-order chi connectivity index (χ0) is 13.9. The van der Waals surface area contributed by atoms with Crippen LogP contribution < -0.4 is 5.32 Å². The molecule has 0 saturated carbocycles. The van der Waals surface area contributed by atoms with Crippen LogP contribution in [0.15, 0.2) is 18.2 Å². The lowest BCUT2D eigenvalue weighted by Gasteiger charge is -2.31. The molecule has 1 atom stereocenters. The minimum absolute atomic E-state index is 0.0250. The Kier molecular flexibility index (Phi) is 4.37. The van der Waals surface area contributed by atoms with Crippen LogP contribution in [0.2, 0.25) is 0 Å². The molecule has 2 nitrogen and oxygen atoms in total. The van der Waals surface area contributed by atoms with E-state index in [0.29, 0.717) is 6.04 Å². The fourth-order valence-corrected chi connectivity index (χ4v) is 3.64. The molecule has 0 spiro atoms. The van der Waals surface area contributed by atoms with Gasteiger partial charge in [0.2, 0.25) is 0 Å². The number of piperidine rings is 1. The van der Waals surface area contributed by atoms with Crippen LogP contribution in [0.1, 0.15) is 43.4 Å². The number of nitrogens with one attached hydrogen (secondary N) is 1. The number of nitrogens with zero attached hydrogens (tertiary/aromatic N) is 1. The molecule has 1 saturated heterocycles. The molecule has 3 rings (SSSR count). The molecule has 0 bridgehead atoms. The van der Waals surface area contributed by atoms with Gasteiger partial charge < -0.3 is 10.2 Å². The van der Waals surface area contributed by atoms with E-state index in [9.17, 15) is 4.39 Å². The van der Waals surface area contributed by atoms with Crippen molar-refractivity contribution in [2.45, 2.75) is 38.6 Å². The Morgan fingerprint density at radius 3 is 2.80 bits per heavy atom. The first-order valence-corrected chi connectivity index (χ1v) is 8.01. The summed E-state index contributed by atoms with van der Waals surface area (Å²) >= 11 is 0. The highest BCUT2D eigenvalue weighted by atomic mass is 19.1. The SMILES string of the molecule is CCN1CCC(CNC2CCc3c(F)cccc32)CC1. The summed E-state index contributed by atoms with van der Waals surface area (Å²) in [4.78, 5) is 2.52. The second-order valence-electron chi connectivity index (χ2n) is 6.18. The highest BCUT2D eigenvalue weighted by Crippen LogP contribution is 2.33. The average molecular weight is 276 g/mol. The van der Waals surface area contributed by atoms with Crippen LogP contribution in [0, 0.1) is 11.7 Å². The third kappa shape index (κ3) is 2.89. The highest BCUT2D eigenvalue weighted by Gasteiger charge is 2.26. The number of rotatable bonds is 4. The molecule has 2 aliphatic rings. The Morgan fingerprint density at radius 1 is 1.25 bits per heavy atom. The van der Waals surface area contributed by atoms with Gasteiger partial charge in [0.1, 0.15) is 5.82 Å². The highest BCUT2D eigenvalue weighted by molar-refractivity contribution is 5.35. The fraction of sp³-hybridized carbons (Fsp3) is 0.647. The number of benzene rings is 1. The Morgan fingerprint density at radius 2 is 2.05 bits per heavy atom. The zero-order valence-electron chi connectivity index (χ0n) is 12.4. The van der Waals surface area contributed by atoms with E-state index < -0.39 is 0 Å². The van der Waals surface area contributed by atoms with Crippen molar-refractivity contribution in [1.82, 2.24) is 10.2 Å². The molecule has 3 heteroatoms. The van der Waals surface area contributed by atoms with Crippen molar-refractivity contribution in [2.24, 2.45) is 5.92 Å². The summed E-state index contributed by atoms with van der Waals surface area (Å²) in [6, 6.07) is 5.88. The Hall–Kier alpha value is -0.930. The van der Waals surface area contributed by atoms with E-state index in [4.69, 9.17) is 0 Å². The largest absolute Gasteiger partial charge is 0.310 e. The van der Waals surface area contributed by atoms with Crippen LogP contribution in [-0.2, 0) is 6.42 Å². The van der Waals surface area contributed by atoms with Gasteiger partial charge in [0, 0.05) is 6.04 Å². The van der Waals surface area contributed by atoms with Gasteiger partial charge in [-0.05, 0) is 75.0 Å². The lowest BCUT2D eigenvalue weighted by Crippen LogP contribution is -2.37. The monoisotopic (exact) mass is 276 g/mol.